The normalized spacial score (nSPS) is 14.0. The Bertz CT molecular complexity index is 2860. The summed E-state index contributed by atoms with van der Waals surface area (Å²) in [4.78, 5) is 45.2. The van der Waals surface area contributed by atoms with Gasteiger partial charge >= 0.3 is 5.97 Å². The topological polar surface area (TPSA) is 172 Å². The molecule has 2 aliphatic rings. The summed E-state index contributed by atoms with van der Waals surface area (Å²) >= 11 is 0. The number of rotatable bonds is 11. The molecule has 0 spiro atoms. The molecule has 2 aliphatic heterocycles. The van der Waals surface area contributed by atoms with Crippen molar-refractivity contribution in [1.82, 2.24) is 19.9 Å². The number of carboxylic acids is 1. The van der Waals surface area contributed by atoms with Crippen LogP contribution in [0, 0.1) is 6.92 Å². The van der Waals surface area contributed by atoms with Crippen molar-refractivity contribution in [3.8, 4) is 16.9 Å². The predicted octanol–water partition coefficient (Wildman–Crippen LogP) is 9.32. The van der Waals surface area contributed by atoms with Crippen molar-refractivity contribution >= 4 is 68.3 Å². The first kappa shape index (κ1) is 40.6. The first-order valence-electron chi connectivity index (χ1n) is 20.0. The second-order valence-electron chi connectivity index (χ2n) is 16.1. The van der Waals surface area contributed by atoms with Gasteiger partial charge in [-0.3, -0.25) is 14.8 Å². The molecule has 1 unspecified atom stereocenters. The Morgan fingerprint density at radius 1 is 0.951 bits per heavy atom. The van der Waals surface area contributed by atoms with Gasteiger partial charge in [-0.2, -0.15) is 0 Å². The van der Waals surface area contributed by atoms with E-state index in [1.807, 2.05) is 70.2 Å². The second kappa shape index (κ2) is 16.1. The van der Waals surface area contributed by atoms with E-state index in [1.165, 1.54) is 0 Å². The first-order valence-corrected chi connectivity index (χ1v) is 20.0. The molecule has 0 saturated carbocycles. The molecule has 0 radical (unpaired) electrons. The molecule has 1 atom stereocenters. The molecule has 6 aromatic rings. The van der Waals surface area contributed by atoms with Gasteiger partial charge in [-0.05, 0) is 116 Å². The van der Waals surface area contributed by atoms with Crippen molar-refractivity contribution in [1.29, 1.82) is 0 Å². The third-order valence-corrected chi connectivity index (χ3v) is 10.8. The number of aromatic nitrogens is 4. The van der Waals surface area contributed by atoms with E-state index in [4.69, 9.17) is 29.9 Å². The van der Waals surface area contributed by atoms with Crippen molar-refractivity contribution in [3.63, 3.8) is 0 Å². The fourth-order valence-electron chi connectivity index (χ4n) is 8.07. The molecule has 4 aromatic heterocycles. The van der Waals surface area contributed by atoms with Crippen LogP contribution in [0.4, 0.5) is 11.6 Å². The highest BCUT2D eigenvalue weighted by atomic mass is 16.5. The van der Waals surface area contributed by atoms with Crippen LogP contribution in [0.1, 0.15) is 78.1 Å². The molecular weight excluding hydrogens is 769 g/mol. The number of amides is 1. The summed E-state index contributed by atoms with van der Waals surface area (Å²) in [6, 6.07) is 16.6. The number of pyridine rings is 4. The molecule has 6 heterocycles. The molecule has 61 heavy (non-hydrogen) atoms. The third-order valence-electron chi connectivity index (χ3n) is 10.8. The minimum Gasteiger partial charge on any atom is -0.493 e. The lowest BCUT2D eigenvalue weighted by Gasteiger charge is -2.29. The van der Waals surface area contributed by atoms with E-state index < -0.39 is 17.7 Å². The fourth-order valence-corrected chi connectivity index (χ4v) is 8.07. The van der Waals surface area contributed by atoms with Gasteiger partial charge in [0.2, 0.25) is 5.91 Å². The Morgan fingerprint density at radius 2 is 1.70 bits per heavy atom. The number of hydrogen-bond acceptors (Lipinski definition) is 10. The number of nitrogens with two attached hydrogens (primary N) is 1. The number of aliphatic carboxylic acids is 1. The molecule has 0 saturated heterocycles. The average Bonchev–Trinajstić information content (AvgIpc) is 3.22. The van der Waals surface area contributed by atoms with Gasteiger partial charge in [-0.25, -0.2) is 14.8 Å². The molecular formula is C49H46N6O6. The van der Waals surface area contributed by atoms with Gasteiger partial charge in [-0.15, -0.1) is 0 Å². The lowest BCUT2D eigenvalue weighted by atomic mass is 9.86. The maximum atomic E-state index is 13.4. The minimum atomic E-state index is -1.30. The van der Waals surface area contributed by atoms with E-state index in [0.29, 0.717) is 91.8 Å². The van der Waals surface area contributed by atoms with Crippen LogP contribution in [0.2, 0.25) is 0 Å². The van der Waals surface area contributed by atoms with Crippen LogP contribution in [0.15, 0.2) is 92.8 Å². The lowest BCUT2D eigenvalue weighted by Crippen LogP contribution is -2.28. The van der Waals surface area contributed by atoms with E-state index in [2.05, 4.69) is 35.0 Å². The maximum Gasteiger partial charge on any atom is 0.337 e. The van der Waals surface area contributed by atoms with Gasteiger partial charge in [0, 0.05) is 70.3 Å². The number of nitrogen functional groups attached to an aromatic ring is 1. The summed E-state index contributed by atoms with van der Waals surface area (Å²) in [5, 5.41) is 15.1. The van der Waals surface area contributed by atoms with E-state index in [1.54, 1.807) is 36.7 Å². The van der Waals surface area contributed by atoms with Crippen LogP contribution >= 0.6 is 0 Å². The van der Waals surface area contributed by atoms with Crippen LogP contribution in [0.25, 0.3) is 55.9 Å². The van der Waals surface area contributed by atoms with Gasteiger partial charge < -0.3 is 30.4 Å². The number of allylic oxidation sites excluding steroid dienone is 2. The minimum absolute atomic E-state index is 0.00394. The zero-order valence-electron chi connectivity index (χ0n) is 34.6. The smallest absolute Gasteiger partial charge is 0.337 e. The van der Waals surface area contributed by atoms with Crippen LogP contribution < -0.4 is 15.8 Å². The van der Waals surface area contributed by atoms with Crippen molar-refractivity contribution < 1.29 is 28.9 Å². The van der Waals surface area contributed by atoms with Crippen LogP contribution in [0.5, 0.6) is 5.75 Å². The number of nitrogens with zero attached hydrogens (tertiary/aromatic N) is 4. The molecule has 2 aromatic carbocycles. The zero-order chi connectivity index (χ0) is 43.2. The van der Waals surface area contributed by atoms with Crippen molar-refractivity contribution in [3.05, 3.63) is 138 Å². The number of carboxylic acid groups (broad SMARTS) is 1. The molecule has 8 rings (SSSR count). The number of carbonyl (C=O) groups excluding carboxylic acids is 1. The van der Waals surface area contributed by atoms with Gasteiger partial charge in [0.1, 0.15) is 23.1 Å². The lowest BCUT2D eigenvalue weighted by molar-refractivity contribution is -0.160. The van der Waals surface area contributed by atoms with Crippen LogP contribution in [-0.4, -0.2) is 55.7 Å². The Labute approximate surface area is 353 Å². The number of nitrogens with one attached hydrogen (secondary N) is 1. The number of ether oxygens (including phenoxy) is 3. The maximum absolute atomic E-state index is 13.4. The first-order chi connectivity index (χ1) is 29.2. The van der Waals surface area contributed by atoms with E-state index >= 15 is 0 Å². The third kappa shape index (κ3) is 7.97. The van der Waals surface area contributed by atoms with Gasteiger partial charge in [-0.1, -0.05) is 25.8 Å². The molecule has 308 valence electrons. The Balaban J connectivity index is 1.10. The monoisotopic (exact) mass is 814 g/mol. The summed E-state index contributed by atoms with van der Waals surface area (Å²) < 4.78 is 18.0. The van der Waals surface area contributed by atoms with Crippen molar-refractivity contribution in [2.75, 3.05) is 24.3 Å². The standard InChI is InChI=1S/C49H46N6O6/c1-26-25-36-33(44(41(26)47(48(57)58)61-49(5,6)7)34-11-14-37-43-31(20-24-60-37)18-22-52-46(34)43)13-16-39(54-36)55-40(56)10-8-9-35-32(12-15-38(50)53-35)27(2)28(3)45-42-29(4)59-23-19-30(42)17-21-51-45/h8-9,11-18,21-22,25,47H,2-4,10,19-20,23-24H2,1,5-7H3,(H2,50,53)(H,57,58)(H,54,55,56). The highest BCUT2D eigenvalue weighted by Gasteiger charge is 2.33. The van der Waals surface area contributed by atoms with E-state index in [-0.39, 0.29) is 12.3 Å². The van der Waals surface area contributed by atoms with Crippen LogP contribution in [-0.2, 0) is 31.9 Å². The molecule has 0 bridgehead atoms. The summed E-state index contributed by atoms with van der Waals surface area (Å²) in [6.07, 6.45) is 7.09. The SMILES string of the molecule is C=C(C(=C)c1nccc2c1C(=C)OCC2)c1ccc(N)nc1C=CCC(=O)Nc1ccc2c(-c3ccc4c5c(ccnc35)CCO4)c(C(OC(C)(C)C)C(=O)O)c(C)cc2n1. The summed E-state index contributed by atoms with van der Waals surface area (Å²) in [5.74, 6) is 0.459. The summed E-state index contributed by atoms with van der Waals surface area (Å²) in [7, 11) is 0. The Morgan fingerprint density at radius 3 is 2.49 bits per heavy atom. The number of anilines is 2. The summed E-state index contributed by atoms with van der Waals surface area (Å²) in [6.45, 7) is 21.2. The molecule has 1 amide bonds. The highest BCUT2D eigenvalue weighted by Crippen LogP contribution is 2.45. The molecule has 0 aliphatic carbocycles. The largest absolute Gasteiger partial charge is 0.493 e. The van der Waals surface area contributed by atoms with Gasteiger partial charge in [0.25, 0.3) is 0 Å². The number of benzene rings is 2. The number of fused-ring (bicyclic) bond motifs is 2. The number of hydrogen-bond donors (Lipinski definition) is 3. The quantitative estimate of drug-likeness (QED) is 0.106. The highest BCUT2D eigenvalue weighted by molar-refractivity contribution is 6.09. The van der Waals surface area contributed by atoms with Gasteiger partial charge in [0.05, 0.1) is 41.2 Å². The Kier molecular flexibility index (Phi) is 10.7. The molecule has 12 heteroatoms. The number of carbonyl (C=O) groups is 2. The summed E-state index contributed by atoms with van der Waals surface area (Å²) in [5.41, 5.74) is 15.1. The zero-order valence-corrected chi connectivity index (χ0v) is 34.6. The fraction of sp³-hybridized carbons (Fsp3) is 0.224. The molecule has 0 fully saturated rings. The van der Waals surface area contributed by atoms with Gasteiger partial charge in [0.15, 0.2) is 6.10 Å². The van der Waals surface area contributed by atoms with E-state index in [0.717, 1.165) is 46.2 Å². The van der Waals surface area contributed by atoms with E-state index in [9.17, 15) is 14.7 Å². The number of aryl methyl sites for hydroxylation is 1. The molecule has 4 N–H and O–H groups in total. The predicted molar refractivity (Wildman–Crippen MR) is 240 cm³/mol. The van der Waals surface area contributed by atoms with Crippen LogP contribution in [0.3, 0.4) is 0 Å². The molecule has 12 nitrogen and oxygen atoms in total. The van der Waals surface area contributed by atoms with Crippen molar-refractivity contribution in [2.45, 2.75) is 58.7 Å². The van der Waals surface area contributed by atoms with Crippen molar-refractivity contribution in [2.24, 2.45) is 0 Å². The Hall–Kier alpha value is -7.18. The second-order valence-corrected chi connectivity index (χ2v) is 16.1. The average molecular weight is 815 g/mol.